The fraction of sp³-hybridized carbons (Fsp3) is 0.533. The first-order valence-electron chi connectivity index (χ1n) is 6.96. The molecule has 1 fully saturated rings. The number of hydrogen-bond acceptors (Lipinski definition) is 3. The normalized spacial score (nSPS) is 21.2. The summed E-state index contributed by atoms with van der Waals surface area (Å²) in [5.41, 5.74) is 6.83. The SMILES string of the molecule is Cl.NC[C@H]1CC[C@@H](C(=O)NCCCc2ccccc2)O1. The second-order valence-corrected chi connectivity index (χ2v) is 4.94. The van der Waals surface area contributed by atoms with Crippen molar-refractivity contribution in [3.63, 3.8) is 0 Å². The maximum atomic E-state index is 11.8. The molecule has 4 nitrogen and oxygen atoms in total. The molecule has 0 saturated carbocycles. The van der Waals surface area contributed by atoms with Crippen molar-refractivity contribution in [2.75, 3.05) is 13.1 Å². The van der Waals surface area contributed by atoms with Crippen LogP contribution in [-0.4, -0.2) is 31.2 Å². The number of ether oxygens (including phenoxy) is 1. The van der Waals surface area contributed by atoms with E-state index in [1.165, 1.54) is 5.56 Å². The Morgan fingerprint density at radius 1 is 1.30 bits per heavy atom. The third-order valence-electron chi connectivity index (χ3n) is 3.45. The van der Waals surface area contributed by atoms with Gasteiger partial charge in [-0.2, -0.15) is 0 Å². The molecule has 112 valence electrons. The molecule has 2 atom stereocenters. The number of nitrogens with one attached hydrogen (secondary N) is 1. The standard InChI is InChI=1S/C15H22N2O2.ClH/c16-11-13-8-9-14(19-13)15(18)17-10-4-7-12-5-2-1-3-6-12;/h1-3,5-6,13-14H,4,7-11,16H2,(H,17,18);1H/t13-,14+;/m1./s1. The minimum atomic E-state index is -0.301. The zero-order valence-electron chi connectivity index (χ0n) is 11.6. The lowest BCUT2D eigenvalue weighted by molar-refractivity contribution is -0.131. The molecule has 2 rings (SSSR count). The third-order valence-corrected chi connectivity index (χ3v) is 3.45. The van der Waals surface area contributed by atoms with Crippen molar-refractivity contribution in [1.82, 2.24) is 5.32 Å². The van der Waals surface area contributed by atoms with Gasteiger partial charge < -0.3 is 15.8 Å². The van der Waals surface area contributed by atoms with Crippen molar-refractivity contribution in [3.05, 3.63) is 35.9 Å². The van der Waals surface area contributed by atoms with Gasteiger partial charge in [0.05, 0.1) is 6.10 Å². The van der Waals surface area contributed by atoms with E-state index >= 15 is 0 Å². The van der Waals surface area contributed by atoms with Crippen LogP contribution in [0.15, 0.2) is 30.3 Å². The maximum Gasteiger partial charge on any atom is 0.249 e. The van der Waals surface area contributed by atoms with Crippen LogP contribution in [0, 0.1) is 0 Å². The number of carbonyl (C=O) groups excluding carboxylic acids is 1. The fourth-order valence-corrected chi connectivity index (χ4v) is 2.33. The number of benzene rings is 1. The van der Waals surface area contributed by atoms with Crippen LogP contribution in [0.4, 0.5) is 0 Å². The number of carbonyl (C=O) groups is 1. The molecule has 0 aliphatic carbocycles. The summed E-state index contributed by atoms with van der Waals surface area (Å²) in [6.07, 6.45) is 3.36. The van der Waals surface area contributed by atoms with Crippen LogP contribution in [0.25, 0.3) is 0 Å². The van der Waals surface area contributed by atoms with E-state index in [0.29, 0.717) is 13.1 Å². The highest BCUT2D eigenvalue weighted by molar-refractivity contribution is 5.85. The van der Waals surface area contributed by atoms with Crippen LogP contribution >= 0.6 is 12.4 Å². The van der Waals surface area contributed by atoms with Gasteiger partial charge in [-0.3, -0.25) is 4.79 Å². The molecule has 1 aliphatic heterocycles. The predicted octanol–water partition coefficient (Wildman–Crippen LogP) is 1.66. The summed E-state index contributed by atoms with van der Waals surface area (Å²) in [6.45, 7) is 1.19. The van der Waals surface area contributed by atoms with Gasteiger partial charge >= 0.3 is 0 Å². The van der Waals surface area contributed by atoms with Crippen molar-refractivity contribution in [1.29, 1.82) is 0 Å². The highest BCUT2D eigenvalue weighted by Crippen LogP contribution is 2.18. The molecule has 0 unspecified atom stereocenters. The van der Waals surface area contributed by atoms with Gasteiger partial charge in [0.15, 0.2) is 0 Å². The Labute approximate surface area is 126 Å². The zero-order valence-corrected chi connectivity index (χ0v) is 12.4. The van der Waals surface area contributed by atoms with Crippen LogP contribution in [0.1, 0.15) is 24.8 Å². The largest absolute Gasteiger partial charge is 0.364 e. The molecule has 20 heavy (non-hydrogen) atoms. The van der Waals surface area contributed by atoms with Crippen molar-refractivity contribution in [2.45, 2.75) is 37.9 Å². The molecule has 1 aliphatic rings. The van der Waals surface area contributed by atoms with Crippen LogP contribution in [0.3, 0.4) is 0 Å². The van der Waals surface area contributed by atoms with Gasteiger partial charge in [0.2, 0.25) is 5.91 Å². The van der Waals surface area contributed by atoms with Gasteiger partial charge in [-0.15, -0.1) is 12.4 Å². The minimum Gasteiger partial charge on any atom is -0.364 e. The van der Waals surface area contributed by atoms with Gasteiger partial charge in [0.1, 0.15) is 6.10 Å². The Kier molecular flexibility index (Phi) is 7.59. The molecule has 1 amide bonds. The molecule has 1 aromatic carbocycles. The first-order chi connectivity index (χ1) is 9.29. The lowest BCUT2D eigenvalue weighted by Gasteiger charge is -2.12. The van der Waals surface area contributed by atoms with E-state index in [4.69, 9.17) is 10.5 Å². The Morgan fingerprint density at radius 2 is 2.05 bits per heavy atom. The molecule has 0 bridgehead atoms. The van der Waals surface area contributed by atoms with Crippen molar-refractivity contribution >= 4 is 18.3 Å². The highest BCUT2D eigenvalue weighted by Gasteiger charge is 2.29. The summed E-state index contributed by atoms with van der Waals surface area (Å²) >= 11 is 0. The quantitative estimate of drug-likeness (QED) is 0.785. The molecule has 1 saturated heterocycles. The molecule has 0 spiro atoms. The number of rotatable bonds is 6. The molecular formula is C15H23ClN2O2. The average molecular weight is 299 g/mol. The first-order valence-corrected chi connectivity index (χ1v) is 6.96. The van der Waals surface area contributed by atoms with Crippen LogP contribution in [-0.2, 0) is 16.0 Å². The van der Waals surface area contributed by atoms with Crippen molar-refractivity contribution < 1.29 is 9.53 Å². The molecule has 0 aromatic heterocycles. The third kappa shape index (κ3) is 5.12. The number of nitrogens with two attached hydrogens (primary N) is 1. The summed E-state index contributed by atoms with van der Waals surface area (Å²) in [5.74, 6) is 0.00371. The Morgan fingerprint density at radius 3 is 2.70 bits per heavy atom. The highest BCUT2D eigenvalue weighted by atomic mass is 35.5. The number of aryl methyl sites for hydroxylation is 1. The summed E-state index contributed by atoms with van der Waals surface area (Å²) in [6, 6.07) is 10.3. The number of amides is 1. The van der Waals surface area contributed by atoms with E-state index < -0.39 is 0 Å². The van der Waals surface area contributed by atoms with Gasteiger partial charge in [-0.05, 0) is 31.2 Å². The second kappa shape index (κ2) is 8.95. The van der Waals surface area contributed by atoms with Gasteiger partial charge in [0, 0.05) is 13.1 Å². The van der Waals surface area contributed by atoms with E-state index in [2.05, 4.69) is 17.4 Å². The van der Waals surface area contributed by atoms with Gasteiger partial charge in [-0.1, -0.05) is 30.3 Å². The smallest absolute Gasteiger partial charge is 0.249 e. The lowest BCUT2D eigenvalue weighted by atomic mass is 10.1. The second-order valence-electron chi connectivity index (χ2n) is 4.94. The Hall–Kier alpha value is -1.10. The number of halogens is 1. The molecule has 0 radical (unpaired) electrons. The molecule has 1 heterocycles. The molecule has 3 N–H and O–H groups in total. The lowest BCUT2D eigenvalue weighted by Crippen LogP contribution is -2.36. The van der Waals surface area contributed by atoms with Gasteiger partial charge in [-0.25, -0.2) is 0 Å². The summed E-state index contributed by atoms with van der Waals surface area (Å²) in [7, 11) is 0. The summed E-state index contributed by atoms with van der Waals surface area (Å²) in [5, 5.41) is 2.93. The van der Waals surface area contributed by atoms with E-state index in [0.717, 1.165) is 25.7 Å². The van der Waals surface area contributed by atoms with Crippen LogP contribution in [0.2, 0.25) is 0 Å². The summed E-state index contributed by atoms with van der Waals surface area (Å²) in [4.78, 5) is 11.8. The van der Waals surface area contributed by atoms with Crippen molar-refractivity contribution in [2.24, 2.45) is 5.73 Å². The predicted molar refractivity (Wildman–Crippen MR) is 82.0 cm³/mol. The Bertz CT molecular complexity index is 400. The van der Waals surface area contributed by atoms with E-state index in [1.807, 2.05) is 18.2 Å². The van der Waals surface area contributed by atoms with Crippen LogP contribution in [0.5, 0.6) is 0 Å². The fourth-order valence-electron chi connectivity index (χ4n) is 2.33. The monoisotopic (exact) mass is 298 g/mol. The van der Waals surface area contributed by atoms with Crippen molar-refractivity contribution in [3.8, 4) is 0 Å². The van der Waals surface area contributed by atoms with Crippen LogP contribution < -0.4 is 11.1 Å². The molecule has 5 heteroatoms. The first kappa shape index (κ1) is 17.0. The molecular weight excluding hydrogens is 276 g/mol. The zero-order chi connectivity index (χ0) is 13.5. The van der Waals surface area contributed by atoms with E-state index in [9.17, 15) is 4.79 Å². The van der Waals surface area contributed by atoms with E-state index in [-0.39, 0.29) is 30.5 Å². The van der Waals surface area contributed by atoms with E-state index in [1.54, 1.807) is 0 Å². The minimum absolute atomic E-state index is 0. The Balaban J connectivity index is 0.00000200. The molecule has 1 aromatic rings. The van der Waals surface area contributed by atoms with Gasteiger partial charge in [0.25, 0.3) is 0 Å². The topological polar surface area (TPSA) is 64.4 Å². The average Bonchev–Trinajstić information content (AvgIpc) is 2.93. The maximum absolute atomic E-state index is 11.8. The summed E-state index contributed by atoms with van der Waals surface area (Å²) < 4.78 is 5.55. The number of hydrogen-bond donors (Lipinski definition) is 2.